The van der Waals surface area contributed by atoms with Gasteiger partial charge in [0.15, 0.2) is 5.96 Å². The molecule has 1 unspecified atom stereocenters. The number of carbonyl (C=O) groups is 1. The fourth-order valence-corrected chi connectivity index (χ4v) is 4.78. The largest absolute Gasteiger partial charge is 0.356 e. The van der Waals surface area contributed by atoms with Gasteiger partial charge in [0.05, 0.1) is 0 Å². The molecule has 2 fully saturated rings. The maximum Gasteiger partial charge on any atom is 0.243 e. The molecule has 1 aliphatic carbocycles. The van der Waals surface area contributed by atoms with Crippen molar-refractivity contribution >= 4 is 23.2 Å². The second kappa shape index (κ2) is 10.8. The van der Waals surface area contributed by atoms with E-state index in [9.17, 15) is 4.79 Å². The number of rotatable bonds is 8. The van der Waals surface area contributed by atoms with Crippen molar-refractivity contribution in [3.05, 3.63) is 22.4 Å². The van der Waals surface area contributed by atoms with Crippen molar-refractivity contribution in [1.82, 2.24) is 20.4 Å². The number of thiophene rings is 1. The van der Waals surface area contributed by atoms with Gasteiger partial charge < -0.3 is 20.4 Å². The van der Waals surface area contributed by atoms with Crippen LogP contribution in [0, 0.1) is 5.92 Å². The number of carbonyl (C=O) groups excluding carboxylic acids is 1. The number of aliphatic imine (C=N–C) groups is 1. The van der Waals surface area contributed by atoms with Crippen LogP contribution >= 0.6 is 11.3 Å². The molecule has 1 aliphatic heterocycles. The summed E-state index contributed by atoms with van der Waals surface area (Å²) in [5.74, 6) is 1.68. The molecule has 0 bridgehead atoms. The Kier molecular flexibility index (Phi) is 8.15. The van der Waals surface area contributed by atoms with Gasteiger partial charge >= 0.3 is 0 Å². The molecule has 6 nitrogen and oxygen atoms in total. The van der Waals surface area contributed by atoms with E-state index in [2.05, 4.69) is 38.0 Å². The minimum Gasteiger partial charge on any atom is -0.356 e. The lowest BCUT2D eigenvalue weighted by molar-refractivity contribution is -0.127. The van der Waals surface area contributed by atoms with Crippen LogP contribution in [-0.2, 0) is 11.2 Å². The van der Waals surface area contributed by atoms with Crippen LogP contribution in [0.5, 0.6) is 0 Å². The molecule has 2 heterocycles. The van der Waals surface area contributed by atoms with Gasteiger partial charge in [0.25, 0.3) is 0 Å². The average molecular weight is 406 g/mol. The van der Waals surface area contributed by atoms with Crippen LogP contribution in [0.3, 0.4) is 0 Å². The minimum atomic E-state index is 0.0219. The summed E-state index contributed by atoms with van der Waals surface area (Å²) < 4.78 is 0. The zero-order valence-electron chi connectivity index (χ0n) is 17.3. The molecule has 7 heteroatoms. The number of likely N-dealkylation sites (N-methyl/N-ethyl adjacent to an activating group) is 1. The van der Waals surface area contributed by atoms with Crippen molar-refractivity contribution in [1.29, 1.82) is 0 Å². The zero-order valence-corrected chi connectivity index (χ0v) is 18.1. The third-order valence-corrected chi connectivity index (χ3v) is 6.66. The zero-order chi connectivity index (χ0) is 19.8. The molecule has 1 atom stereocenters. The number of nitrogens with zero attached hydrogens (tertiary/aromatic N) is 3. The summed E-state index contributed by atoms with van der Waals surface area (Å²) in [6.07, 6.45) is 7.73. The molecule has 2 aliphatic rings. The third kappa shape index (κ3) is 6.78. The van der Waals surface area contributed by atoms with Crippen molar-refractivity contribution in [3.8, 4) is 0 Å². The lowest BCUT2D eigenvalue weighted by atomic mass is 10.1. The number of nitrogens with one attached hydrogen (secondary N) is 2. The van der Waals surface area contributed by atoms with Crippen LogP contribution < -0.4 is 10.6 Å². The van der Waals surface area contributed by atoms with Crippen LogP contribution in [-0.4, -0.2) is 74.5 Å². The molecule has 0 spiro atoms. The molecule has 2 N–H and O–H groups in total. The molecule has 0 radical (unpaired) electrons. The lowest BCUT2D eigenvalue weighted by Gasteiger charge is -2.21. The van der Waals surface area contributed by atoms with Crippen LogP contribution in [0.25, 0.3) is 0 Å². The number of likely N-dealkylation sites (tertiary alicyclic amines) is 1. The van der Waals surface area contributed by atoms with E-state index in [-0.39, 0.29) is 12.5 Å². The van der Waals surface area contributed by atoms with E-state index in [0.29, 0.717) is 6.04 Å². The van der Waals surface area contributed by atoms with Gasteiger partial charge in [-0.15, -0.1) is 11.3 Å². The van der Waals surface area contributed by atoms with Gasteiger partial charge in [-0.3, -0.25) is 4.79 Å². The third-order valence-electron chi connectivity index (χ3n) is 5.72. The molecule has 1 amide bonds. The molecule has 1 saturated carbocycles. The molecule has 28 heavy (non-hydrogen) atoms. The Morgan fingerprint density at radius 2 is 2.14 bits per heavy atom. The number of guanidine groups is 1. The predicted octanol–water partition coefficient (Wildman–Crippen LogP) is 2.18. The first-order chi connectivity index (χ1) is 13.6. The summed E-state index contributed by atoms with van der Waals surface area (Å²) in [5.41, 5.74) is 0. The minimum absolute atomic E-state index is 0.0219. The predicted molar refractivity (Wildman–Crippen MR) is 117 cm³/mol. The number of hydrogen-bond acceptors (Lipinski definition) is 4. The van der Waals surface area contributed by atoms with Crippen molar-refractivity contribution in [2.45, 2.75) is 44.6 Å². The first-order valence-electron chi connectivity index (χ1n) is 10.6. The summed E-state index contributed by atoms with van der Waals surface area (Å²) in [6.45, 7) is 4.48. The second-order valence-corrected chi connectivity index (χ2v) is 9.28. The highest BCUT2D eigenvalue weighted by atomic mass is 32.1. The molecule has 3 rings (SSSR count). The Labute approximate surface area is 173 Å². The molecule has 1 aromatic heterocycles. The van der Waals surface area contributed by atoms with E-state index >= 15 is 0 Å². The Morgan fingerprint density at radius 1 is 1.32 bits per heavy atom. The van der Waals surface area contributed by atoms with Gasteiger partial charge in [0.2, 0.25) is 5.91 Å². The Balaban J connectivity index is 1.48. The Morgan fingerprint density at radius 3 is 2.86 bits per heavy atom. The topological polar surface area (TPSA) is 60.0 Å². The fraction of sp³-hybridized carbons (Fsp3) is 0.714. The Hall–Kier alpha value is -1.60. The highest BCUT2D eigenvalue weighted by Gasteiger charge is 2.26. The van der Waals surface area contributed by atoms with Gasteiger partial charge in [0, 0.05) is 51.2 Å². The monoisotopic (exact) mass is 405 g/mol. The molecular formula is C21H35N5OS. The second-order valence-electron chi connectivity index (χ2n) is 8.25. The SMILES string of the molecule is CN(C)C(=O)CN=C(NCCc1cccs1)NC1CCN(CC2CCCC2)C1. The van der Waals surface area contributed by atoms with E-state index in [4.69, 9.17) is 0 Å². The lowest BCUT2D eigenvalue weighted by Crippen LogP contribution is -2.46. The average Bonchev–Trinajstić information content (AvgIpc) is 3.43. The molecule has 1 aromatic rings. The van der Waals surface area contributed by atoms with E-state index in [1.54, 1.807) is 30.3 Å². The summed E-state index contributed by atoms with van der Waals surface area (Å²) in [7, 11) is 3.54. The van der Waals surface area contributed by atoms with Gasteiger partial charge in [-0.1, -0.05) is 18.9 Å². The van der Waals surface area contributed by atoms with Crippen LogP contribution in [0.2, 0.25) is 0 Å². The van der Waals surface area contributed by atoms with E-state index in [0.717, 1.165) is 44.4 Å². The first-order valence-corrected chi connectivity index (χ1v) is 11.5. The van der Waals surface area contributed by atoms with Crippen molar-refractivity contribution < 1.29 is 4.79 Å². The van der Waals surface area contributed by atoms with Gasteiger partial charge in [0.1, 0.15) is 6.54 Å². The first kappa shape index (κ1) is 21.1. The maximum absolute atomic E-state index is 11.9. The highest BCUT2D eigenvalue weighted by Crippen LogP contribution is 2.26. The summed E-state index contributed by atoms with van der Waals surface area (Å²) in [4.78, 5) is 22.0. The quantitative estimate of drug-likeness (QED) is 0.514. The van der Waals surface area contributed by atoms with Crippen molar-refractivity contribution in [2.75, 3.05) is 46.8 Å². The van der Waals surface area contributed by atoms with Crippen LogP contribution in [0.1, 0.15) is 37.0 Å². The fourth-order valence-electron chi connectivity index (χ4n) is 4.07. The normalized spacial score (nSPS) is 21.2. The molecule has 0 aromatic carbocycles. The number of amides is 1. The Bertz CT molecular complexity index is 625. The van der Waals surface area contributed by atoms with E-state index in [1.165, 1.54) is 37.1 Å². The summed E-state index contributed by atoms with van der Waals surface area (Å²) in [6, 6.07) is 4.65. The van der Waals surface area contributed by atoms with Gasteiger partial charge in [-0.05, 0) is 43.0 Å². The molecule has 156 valence electrons. The van der Waals surface area contributed by atoms with Crippen molar-refractivity contribution in [3.63, 3.8) is 0 Å². The smallest absolute Gasteiger partial charge is 0.243 e. The molecule has 1 saturated heterocycles. The number of hydrogen-bond donors (Lipinski definition) is 2. The maximum atomic E-state index is 11.9. The summed E-state index contributed by atoms with van der Waals surface area (Å²) >= 11 is 1.78. The standard InChI is InChI=1S/C21H35N5OS/c1-25(2)20(27)14-23-21(22-11-9-19-8-5-13-28-19)24-18-10-12-26(16-18)15-17-6-3-4-7-17/h5,8,13,17-18H,3-4,6-7,9-12,14-16H2,1-2H3,(H2,22,23,24). The summed E-state index contributed by atoms with van der Waals surface area (Å²) in [5, 5.41) is 9.11. The highest BCUT2D eigenvalue weighted by molar-refractivity contribution is 7.09. The van der Waals surface area contributed by atoms with E-state index < -0.39 is 0 Å². The van der Waals surface area contributed by atoms with Gasteiger partial charge in [-0.25, -0.2) is 4.99 Å². The van der Waals surface area contributed by atoms with Crippen LogP contribution in [0.4, 0.5) is 0 Å². The van der Waals surface area contributed by atoms with E-state index in [1.807, 2.05) is 0 Å². The van der Waals surface area contributed by atoms with Crippen LogP contribution in [0.15, 0.2) is 22.5 Å². The molecular weight excluding hydrogens is 370 g/mol. The van der Waals surface area contributed by atoms with Gasteiger partial charge in [-0.2, -0.15) is 0 Å². The van der Waals surface area contributed by atoms with Crippen molar-refractivity contribution in [2.24, 2.45) is 10.9 Å².